The lowest BCUT2D eigenvalue weighted by Gasteiger charge is -2.69. The molecule has 0 aromatic carbocycles. The van der Waals surface area contributed by atoms with Gasteiger partial charge in [0.15, 0.2) is 0 Å². The number of carbonyl (C=O) groups excluding carboxylic acids is 1. The first-order valence-corrected chi connectivity index (χ1v) is 11.3. The van der Waals surface area contributed by atoms with Crippen LogP contribution in [0.5, 0.6) is 0 Å². The molecule has 1 N–H and O–H groups in total. The second kappa shape index (κ2) is 4.40. The molecule has 4 aliphatic carbocycles. The molecule has 0 radical (unpaired) electrons. The zero-order valence-electron chi connectivity index (χ0n) is 17.2. The molecule has 8 unspecified atom stereocenters. The Morgan fingerprint density at radius 3 is 2.86 bits per heavy atom. The maximum absolute atomic E-state index is 12.9. The first-order chi connectivity index (χ1) is 13.3. The van der Waals surface area contributed by atoms with Crippen molar-refractivity contribution in [3.63, 3.8) is 0 Å². The number of methoxy groups -OCH3 is 1. The van der Waals surface area contributed by atoms with E-state index in [1.807, 2.05) is 0 Å². The first kappa shape index (κ1) is 16.8. The third-order valence-corrected chi connectivity index (χ3v) is 11.0. The van der Waals surface area contributed by atoms with Crippen molar-refractivity contribution in [3.05, 3.63) is 11.1 Å². The van der Waals surface area contributed by atoms with Crippen LogP contribution in [-0.2, 0) is 14.3 Å². The van der Waals surface area contributed by atoms with Crippen LogP contribution in [0.4, 0.5) is 0 Å². The summed E-state index contributed by atoms with van der Waals surface area (Å²) in [4.78, 5) is 15.3. The summed E-state index contributed by atoms with van der Waals surface area (Å²) in [5.74, 6) is 1.14. The molecule has 5 nitrogen and oxygen atoms in total. The summed E-state index contributed by atoms with van der Waals surface area (Å²) in [5.41, 5.74) is 0.188. The largest absolute Gasteiger partial charge is 0.466 e. The summed E-state index contributed by atoms with van der Waals surface area (Å²) in [7, 11) is 1.49. The normalized spacial score (nSPS) is 60.4. The lowest BCUT2D eigenvalue weighted by atomic mass is 9.40. The van der Waals surface area contributed by atoms with Crippen LogP contribution in [-0.4, -0.2) is 53.1 Å². The van der Waals surface area contributed by atoms with Gasteiger partial charge in [-0.2, -0.15) is 0 Å². The maximum Gasteiger partial charge on any atom is 0.333 e. The second-order valence-electron chi connectivity index (χ2n) is 11.2. The fraction of sp³-hybridized carbons (Fsp3) is 0.870. The van der Waals surface area contributed by atoms with Gasteiger partial charge in [-0.15, -0.1) is 0 Å². The van der Waals surface area contributed by atoms with Gasteiger partial charge in [0.05, 0.1) is 12.5 Å². The molecule has 28 heavy (non-hydrogen) atoms. The summed E-state index contributed by atoms with van der Waals surface area (Å²) < 4.78 is 12.1. The van der Waals surface area contributed by atoms with Gasteiger partial charge < -0.3 is 14.6 Å². The summed E-state index contributed by atoms with van der Waals surface area (Å²) >= 11 is 0. The third kappa shape index (κ3) is 1.25. The molecule has 3 saturated heterocycles. The Hall–Kier alpha value is -0.910. The quantitative estimate of drug-likeness (QED) is 0.555. The van der Waals surface area contributed by atoms with E-state index in [4.69, 9.17) is 9.47 Å². The number of ether oxygens (including phenoxy) is 2. The van der Waals surface area contributed by atoms with Crippen LogP contribution in [0.3, 0.4) is 0 Å². The maximum atomic E-state index is 12.9. The molecule has 2 spiro atoms. The minimum atomic E-state index is -0.868. The van der Waals surface area contributed by atoms with Crippen LogP contribution >= 0.6 is 0 Å². The Bertz CT molecular complexity index is 869. The highest BCUT2D eigenvalue weighted by Crippen LogP contribution is 2.88. The van der Waals surface area contributed by atoms with Gasteiger partial charge in [0.2, 0.25) is 0 Å². The van der Waals surface area contributed by atoms with Gasteiger partial charge in [0, 0.05) is 24.6 Å². The number of esters is 1. The Morgan fingerprint density at radius 1 is 1.25 bits per heavy atom. The number of carbonyl (C=O) groups is 1. The van der Waals surface area contributed by atoms with Gasteiger partial charge >= 0.3 is 5.97 Å². The van der Waals surface area contributed by atoms with Crippen molar-refractivity contribution in [2.75, 3.05) is 20.2 Å². The Morgan fingerprint density at radius 2 is 2.07 bits per heavy atom. The van der Waals surface area contributed by atoms with Gasteiger partial charge in [-0.25, -0.2) is 4.79 Å². The zero-order chi connectivity index (χ0) is 19.3. The van der Waals surface area contributed by atoms with Crippen LogP contribution in [0.1, 0.15) is 58.8 Å². The smallest absolute Gasteiger partial charge is 0.333 e. The fourth-order valence-electron chi connectivity index (χ4n) is 10.0. The molecule has 0 aromatic rings. The monoisotopic (exact) mass is 385 g/mol. The fourth-order valence-corrected chi connectivity index (χ4v) is 10.0. The predicted octanol–water partition coefficient (Wildman–Crippen LogP) is 2.63. The number of aliphatic hydroxyl groups is 1. The second-order valence-corrected chi connectivity index (χ2v) is 11.2. The molecule has 0 amide bonds. The van der Waals surface area contributed by atoms with Crippen LogP contribution in [0.25, 0.3) is 0 Å². The Kier molecular flexibility index (Phi) is 2.65. The van der Waals surface area contributed by atoms with E-state index in [1.165, 1.54) is 19.1 Å². The number of epoxide rings is 1. The Balaban J connectivity index is 1.56. The SMILES string of the molecule is COC(=O)C1=C2CCC34CCC5CN6CC(C)C7CCC5(C)C(C1)(C76O)C23O4. The molecule has 3 aliphatic heterocycles. The number of rotatable bonds is 1. The highest BCUT2D eigenvalue weighted by Gasteiger charge is 2.95. The van der Waals surface area contributed by atoms with Gasteiger partial charge in [0.25, 0.3) is 0 Å². The molecule has 152 valence electrons. The van der Waals surface area contributed by atoms with E-state index in [0.717, 1.165) is 50.8 Å². The average Bonchev–Trinajstić information content (AvgIpc) is 2.91. The number of hydrogen-bond donors (Lipinski definition) is 1. The minimum Gasteiger partial charge on any atom is -0.466 e. The number of piperidine rings is 1. The van der Waals surface area contributed by atoms with Gasteiger partial charge in [-0.1, -0.05) is 13.8 Å². The van der Waals surface area contributed by atoms with Gasteiger partial charge in [0.1, 0.15) is 16.9 Å². The summed E-state index contributed by atoms with van der Waals surface area (Å²) in [5, 5.41) is 12.7. The summed E-state index contributed by atoms with van der Waals surface area (Å²) in [6, 6.07) is 0. The third-order valence-electron chi connectivity index (χ3n) is 11.0. The molecule has 5 heteroatoms. The van der Waals surface area contributed by atoms with Crippen molar-refractivity contribution in [1.82, 2.24) is 4.90 Å². The van der Waals surface area contributed by atoms with E-state index in [-0.39, 0.29) is 22.9 Å². The van der Waals surface area contributed by atoms with Gasteiger partial charge in [-0.3, -0.25) is 4.90 Å². The van der Waals surface area contributed by atoms with Crippen LogP contribution in [0.15, 0.2) is 11.1 Å². The lowest BCUT2D eigenvalue weighted by molar-refractivity contribution is -0.322. The highest BCUT2D eigenvalue weighted by molar-refractivity contribution is 5.92. The number of hydrogen-bond acceptors (Lipinski definition) is 5. The molecule has 8 atom stereocenters. The van der Waals surface area contributed by atoms with Crippen molar-refractivity contribution >= 4 is 5.97 Å². The van der Waals surface area contributed by atoms with Crippen molar-refractivity contribution in [2.24, 2.45) is 28.6 Å². The molecule has 6 fully saturated rings. The minimum absolute atomic E-state index is 0.00240. The summed E-state index contributed by atoms with van der Waals surface area (Å²) in [6.07, 6.45) is 7.08. The molecular weight excluding hydrogens is 354 g/mol. The molecule has 0 aromatic heterocycles. The van der Waals surface area contributed by atoms with Crippen molar-refractivity contribution in [1.29, 1.82) is 0 Å². The Labute approximate surface area is 166 Å². The van der Waals surface area contributed by atoms with E-state index >= 15 is 0 Å². The van der Waals surface area contributed by atoms with E-state index in [0.29, 0.717) is 18.3 Å². The summed E-state index contributed by atoms with van der Waals surface area (Å²) in [6.45, 7) is 6.73. The van der Waals surface area contributed by atoms with E-state index < -0.39 is 16.7 Å². The van der Waals surface area contributed by atoms with Crippen molar-refractivity contribution in [3.8, 4) is 0 Å². The van der Waals surface area contributed by atoms with E-state index in [2.05, 4.69) is 18.7 Å². The van der Waals surface area contributed by atoms with Crippen LogP contribution in [0.2, 0.25) is 0 Å². The molecule has 3 saturated carbocycles. The van der Waals surface area contributed by atoms with E-state index in [9.17, 15) is 9.90 Å². The average molecular weight is 386 g/mol. The van der Waals surface area contributed by atoms with E-state index in [1.54, 1.807) is 0 Å². The molecule has 7 rings (SSSR count). The van der Waals surface area contributed by atoms with Crippen molar-refractivity contribution in [2.45, 2.75) is 75.7 Å². The molecule has 3 heterocycles. The molecule has 7 aliphatic rings. The van der Waals surface area contributed by atoms with Gasteiger partial charge in [-0.05, 0) is 67.8 Å². The molecule has 4 bridgehead atoms. The first-order valence-electron chi connectivity index (χ1n) is 11.3. The molecular formula is C23H31NO4. The highest BCUT2D eigenvalue weighted by atomic mass is 16.6. The number of nitrogens with zero attached hydrogens (tertiary/aromatic N) is 1. The standard InChI is InChI=1S/C23H31NO4/c1-13-11-24-12-14-4-8-20-9-6-17-15(18(25)27-3)10-21(22(17,20)28-20)19(14,2)7-5-16(13)23(21,24)26/h13-14,16,26H,4-12H2,1-3H3. The predicted molar refractivity (Wildman–Crippen MR) is 101 cm³/mol. The topological polar surface area (TPSA) is 62.3 Å². The van der Waals surface area contributed by atoms with Crippen LogP contribution < -0.4 is 0 Å². The van der Waals surface area contributed by atoms with Crippen LogP contribution in [0, 0.1) is 28.6 Å². The zero-order valence-corrected chi connectivity index (χ0v) is 17.2. The lowest BCUT2D eigenvalue weighted by Crippen LogP contribution is -2.77. The van der Waals surface area contributed by atoms with Crippen molar-refractivity contribution < 1.29 is 19.4 Å².